The first kappa shape index (κ1) is 20.2. The predicted molar refractivity (Wildman–Crippen MR) is 114 cm³/mol. The molecule has 1 N–H and O–H groups in total. The van der Waals surface area contributed by atoms with Crippen molar-refractivity contribution in [2.45, 2.75) is 32.4 Å². The van der Waals surface area contributed by atoms with Crippen LogP contribution in [0.5, 0.6) is 5.75 Å². The van der Waals surface area contributed by atoms with Crippen molar-refractivity contribution in [3.05, 3.63) is 50.7 Å². The van der Waals surface area contributed by atoms with Crippen LogP contribution < -0.4 is 20.9 Å². The Morgan fingerprint density at radius 3 is 2.53 bits per heavy atom. The Bertz CT molecular complexity index is 1190. The lowest BCUT2D eigenvalue weighted by molar-refractivity contribution is 0.0933. The number of aliphatic hydroxyl groups is 1. The van der Waals surface area contributed by atoms with Crippen LogP contribution in [0.1, 0.15) is 18.4 Å². The molecule has 3 heterocycles. The van der Waals surface area contributed by atoms with E-state index in [-0.39, 0.29) is 13.2 Å². The molecule has 30 heavy (non-hydrogen) atoms. The third-order valence-corrected chi connectivity index (χ3v) is 5.63. The summed E-state index contributed by atoms with van der Waals surface area (Å²) in [5.74, 6) is 1.32. The van der Waals surface area contributed by atoms with E-state index in [4.69, 9.17) is 4.74 Å². The molecule has 1 saturated heterocycles. The van der Waals surface area contributed by atoms with E-state index in [9.17, 15) is 14.7 Å². The monoisotopic (exact) mass is 413 g/mol. The smallest absolute Gasteiger partial charge is 0.332 e. The second-order valence-electron chi connectivity index (χ2n) is 7.82. The number of fused-ring (bicyclic) bond motifs is 1. The van der Waals surface area contributed by atoms with Gasteiger partial charge in [-0.15, -0.1) is 0 Å². The summed E-state index contributed by atoms with van der Waals surface area (Å²) in [4.78, 5) is 32.0. The number of hydrogen-bond acceptors (Lipinski definition) is 6. The first-order valence-electron chi connectivity index (χ1n) is 10.2. The van der Waals surface area contributed by atoms with E-state index in [0.29, 0.717) is 22.9 Å². The Hall–Kier alpha value is -3.07. The first-order valence-corrected chi connectivity index (χ1v) is 10.2. The molecule has 0 aliphatic carbocycles. The molecule has 0 amide bonds. The summed E-state index contributed by atoms with van der Waals surface area (Å²) in [6.07, 6.45) is 1.23. The fraction of sp³-hybridized carbons (Fsp3) is 0.476. The highest BCUT2D eigenvalue weighted by molar-refractivity contribution is 5.74. The molecule has 1 aliphatic rings. The van der Waals surface area contributed by atoms with Gasteiger partial charge < -0.3 is 19.3 Å². The molecule has 0 bridgehead atoms. The van der Waals surface area contributed by atoms with Crippen LogP contribution in [-0.2, 0) is 20.6 Å². The van der Waals surface area contributed by atoms with Crippen molar-refractivity contribution >= 4 is 17.1 Å². The molecule has 0 unspecified atom stereocenters. The molecule has 160 valence electrons. The van der Waals surface area contributed by atoms with Crippen molar-refractivity contribution < 1.29 is 9.84 Å². The summed E-state index contributed by atoms with van der Waals surface area (Å²) < 4.78 is 9.97. The van der Waals surface area contributed by atoms with Crippen LogP contribution in [0, 0.1) is 6.92 Å². The van der Waals surface area contributed by atoms with Crippen LogP contribution in [0.15, 0.2) is 33.9 Å². The number of aliphatic hydroxyl groups excluding tert-OH is 1. The van der Waals surface area contributed by atoms with Gasteiger partial charge in [-0.1, -0.05) is 18.2 Å². The molecule has 3 aromatic rings. The summed E-state index contributed by atoms with van der Waals surface area (Å²) >= 11 is 0. The Balaban J connectivity index is 1.71. The SMILES string of the molecule is Cc1ccccc1OC[C@H](O)Cn1c(N2CCCC2)nc2c1c(=O)n(C)c(=O)n2C. The zero-order valence-electron chi connectivity index (χ0n) is 17.5. The van der Waals surface area contributed by atoms with Crippen molar-refractivity contribution in [3.8, 4) is 5.75 Å². The second kappa shape index (κ2) is 7.98. The molecule has 2 aromatic heterocycles. The zero-order valence-corrected chi connectivity index (χ0v) is 17.5. The van der Waals surface area contributed by atoms with E-state index in [1.165, 1.54) is 11.6 Å². The van der Waals surface area contributed by atoms with Crippen LogP contribution in [0.2, 0.25) is 0 Å². The highest BCUT2D eigenvalue weighted by Crippen LogP contribution is 2.24. The number of hydrogen-bond donors (Lipinski definition) is 1. The molecular weight excluding hydrogens is 386 g/mol. The summed E-state index contributed by atoms with van der Waals surface area (Å²) in [5, 5.41) is 10.7. The van der Waals surface area contributed by atoms with Gasteiger partial charge in [0, 0.05) is 27.2 Å². The van der Waals surface area contributed by atoms with E-state index >= 15 is 0 Å². The van der Waals surface area contributed by atoms with Gasteiger partial charge in [0.25, 0.3) is 5.56 Å². The van der Waals surface area contributed by atoms with Crippen molar-refractivity contribution in [1.82, 2.24) is 18.7 Å². The highest BCUT2D eigenvalue weighted by Gasteiger charge is 2.25. The summed E-state index contributed by atoms with van der Waals surface area (Å²) in [7, 11) is 3.06. The predicted octanol–water partition coefficient (Wildman–Crippen LogP) is 0.782. The number of nitrogens with zero attached hydrogens (tertiary/aromatic N) is 5. The molecule has 0 radical (unpaired) electrons. The lowest BCUT2D eigenvalue weighted by Crippen LogP contribution is -2.38. The molecule has 1 aromatic carbocycles. The van der Waals surface area contributed by atoms with E-state index in [1.807, 2.05) is 31.2 Å². The molecule has 9 nitrogen and oxygen atoms in total. The lowest BCUT2D eigenvalue weighted by atomic mass is 10.2. The summed E-state index contributed by atoms with van der Waals surface area (Å²) in [6, 6.07) is 7.61. The number of ether oxygens (including phenoxy) is 1. The maximum atomic E-state index is 12.9. The first-order chi connectivity index (χ1) is 14.4. The van der Waals surface area contributed by atoms with Crippen LogP contribution >= 0.6 is 0 Å². The third-order valence-electron chi connectivity index (χ3n) is 5.63. The van der Waals surface area contributed by atoms with Gasteiger partial charge in [0.1, 0.15) is 18.5 Å². The average Bonchev–Trinajstić information content (AvgIpc) is 3.38. The maximum absolute atomic E-state index is 12.9. The Morgan fingerprint density at radius 1 is 1.13 bits per heavy atom. The van der Waals surface area contributed by atoms with Gasteiger partial charge in [-0.3, -0.25) is 13.9 Å². The van der Waals surface area contributed by atoms with Crippen molar-refractivity contribution in [2.75, 3.05) is 24.6 Å². The van der Waals surface area contributed by atoms with Gasteiger partial charge in [-0.05, 0) is 31.4 Å². The zero-order chi connectivity index (χ0) is 21.4. The molecule has 9 heteroatoms. The summed E-state index contributed by atoms with van der Waals surface area (Å²) in [6.45, 7) is 3.82. The topological polar surface area (TPSA) is 94.5 Å². The van der Waals surface area contributed by atoms with Crippen LogP contribution in [0.3, 0.4) is 0 Å². The van der Waals surface area contributed by atoms with Gasteiger partial charge in [-0.2, -0.15) is 4.98 Å². The summed E-state index contributed by atoms with van der Waals surface area (Å²) in [5.41, 5.74) is 0.791. The van der Waals surface area contributed by atoms with Crippen LogP contribution in [0.25, 0.3) is 11.2 Å². The van der Waals surface area contributed by atoms with Gasteiger partial charge >= 0.3 is 5.69 Å². The molecule has 1 atom stereocenters. The van der Waals surface area contributed by atoms with Crippen molar-refractivity contribution in [1.29, 1.82) is 0 Å². The Morgan fingerprint density at radius 2 is 1.83 bits per heavy atom. The number of rotatable bonds is 6. The molecule has 1 aliphatic heterocycles. The number of aromatic nitrogens is 4. The standard InChI is InChI=1S/C21H27N5O4/c1-14-8-4-5-9-16(14)30-13-15(27)12-26-17-18(22-20(26)25-10-6-7-11-25)23(2)21(29)24(3)19(17)28/h4-5,8-9,15,27H,6-7,10-13H2,1-3H3/t15-/m1/s1. The van der Waals surface area contributed by atoms with Gasteiger partial charge in [0.2, 0.25) is 5.95 Å². The van der Waals surface area contributed by atoms with Crippen molar-refractivity contribution in [3.63, 3.8) is 0 Å². The van der Waals surface area contributed by atoms with E-state index < -0.39 is 17.4 Å². The fourth-order valence-electron chi connectivity index (χ4n) is 3.93. The minimum absolute atomic E-state index is 0.0794. The second-order valence-corrected chi connectivity index (χ2v) is 7.82. The maximum Gasteiger partial charge on any atom is 0.332 e. The number of imidazole rings is 1. The molecular formula is C21H27N5O4. The van der Waals surface area contributed by atoms with Gasteiger partial charge in [0.05, 0.1) is 6.54 Å². The largest absolute Gasteiger partial charge is 0.491 e. The minimum atomic E-state index is -0.856. The molecule has 0 spiro atoms. The normalized spacial score (nSPS) is 15.1. The Labute approximate surface area is 173 Å². The van der Waals surface area contributed by atoms with E-state index in [1.54, 1.807) is 11.6 Å². The lowest BCUT2D eigenvalue weighted by Gasteiger charge is -2.20. The van der Waals surface area contributed by atoms with Crippen LogP contribution in [-0.4, -0.2) is 49.6 Å². The van der Waals surface area contributed by atoms with Gasteiger partial charge in [0.15, 0.2) is 11.2 Å². The minimum Gasteiger partial charge on any atom is -0.491 e. The quantitative estimate of drug-likeness (QED) is 0.642. The Kier molecular flexibility index (Phi) is 5.38. The average molecular weight is 413 g/mol. The number of aryl methyl sites for hydroxylation is 2. The van der Waals surface area contributed by atoms with E-state index in [0.717, 1.165) is 36.1 Å². The number of anilines is 1. The molecule has 0 saturated carbocycles. The number of benzene rings is 1. The van der Waals surface area contributed by atoms with Gasteiger partial charge in [-0.25, -0.2) is 4.79 Å². The highest BCUT2D eigenvalue weighted by atomic mass is 16.5. The van der Waals surface area contributed by atoms with Crippen LogP contribution in [0.4, 0.5) is 5.95 Å². The number of para-hydroxylation sites is 1. The molecule has 4 rings (SSSR count). The fourth-order valence-corrected chi connectivity index (χ4v) is 3.93. The van der Waals surface area contributed by atoms with E-state index in [2.05, 4.69) is 9.88 Å². The van der Waals surface area contributed by atoms with Crippen molar-refractivity contribution in [2.24, 2.45) is 14.1 Å². The third kappa shape index (κ3) is 3.49. The molecule has 1 fully saturated rings.